The van der Waals surface area contributed by atoms with E-state index in [1.807, 2.05) is 6.92 Å². The lowest BCUT2D eigenvalue weighted by molar-refractivity contribution is -0.127. The molecule has 0 saturated carbocycles. The average molecular weight is 345 g/mol. The van der Waals surface area contributed by atoms with E-state index in [4.69, 9.17) is 4.74 Å². The number of benzene rings is 1. The molecule has 1 saturated heterocycles. The maximum atomic E-state index is 12.4. The Morgan fingerprint density at radius 2 is 2.08 bits per heavy atom. The molecule has 2 rings (SSSR count). The van der Waals surface area contributed by atoms with Crippen molar-refractivity contribution in [1.82, 2.24) is 4.90 Å². The van der Waals surface area contributed by atoms with Crippen molar-refractivity contribution in [3.63, 3.8) is 0 Å². The SMILES string of the molecule is C=CCOC(=O)Nc1cc(NC(=O)N2CCCCCC2=O)ccc1C. The molecule has 0 atom stereocenters. The minimum Gasteiger partial charge on any atom is -0.445 e. The zero-order chi connectivity index (χ0) is 18.2. The number of nitrogens with one attached hydrogen (secondary N) is 2. The summed E-state index contributed by atoms with van der Waals surface area (Å²) >= 11 is 0. The van der Waals surface area contributed by atoms with Crippen LogP contribution >= 0.6 is 0 Å². The van der Waals surface area contributed by atoms with Gasteiger partial charge in [0, 0.05) is 24.3 Å². The second kappa shape index (κ2) is 8.86. The fourth-order valence-electron chi connectivity index (χ4n) is 2.50. The Labute approximate surface area is 147 Å². The highest BCUT2D eigenvalue weighted by molar-refractivity contribution is 6.01. The van der Waals surface area contributed by atoms with Gasteiger partial charge in [-0.1, -0.05) is 25.1 Å². The van der Waals surface area contributed by atoms with Crippen molar-refractivity contribution in [2.45, 2.75) is 32.6 Å². The summed E-state index contributed by atoms with van der Waals surface area (Å²) in [5.74, 6) is -0.159. The van der Waals surface area contributed by atoms with E-state index in [1.165, 1.54) is 11.0 Å². The standard InChI is InChI=1S/C18H23N3O4/c1-3-11-25-18(24)20-15-12-14(9-8-13(15)2)19-17(23)21-10-6-4-5-7-16(21)22/h3,8-9,12H,1,4-7,10-11H2,2H3,(H,19,23)(H,20,24). The van der Waals surface area contributed by atoms with Crippen molar-refractivity contribution in [3.05, 3.63) is 36.4 Å². The molecule has 1 heterocycles. The molecule has 0 unspecified atom stereocenters. The molecule has 0 aromatic heterocycles. The van der Waals surface area contributed by atoms with Gasteiger partial charge in [-0.05, 0) is 37.5 Å². The fraction of sp³-hybridized carbons (Fsp3) is 0.389. The van der Waals surface area contributed by atoms with Gasteiger partial charge in [-0.15, -0.1) is 0 Å². The summed E-state index contributed by atoms with van der Waals surface area (Å²) < 4.78 is 4.89. The van der Waals surface area contributed by atoms with Crippen LogP contribution in [0.1, 0.15) is 31.2 Å². The quantitative estimate of drug-likeness (QED) is 0.815. The topological polar surface area (TPSA) is 87.7 Å². The van der Waals surface area contributed by atoms with Gasteiger partial charge < -0.3 is 10.1 Å². The predicted octanol–water partition coefficient (Wildman–Crippen LogP) is 3.66. The van der Waals surface area contributed by atoms with Crippen LogP contribution in [0.5, 0.6) is 0 Å². The van der Waals surface area contributed by atoms with Crippen molar-refractivity contribution < 1.29 is 19.1 Å². The van der Waals surface area contributed by atoms with Gasteiger partial charge >= 0.3 is 12.1 Å². The Kier molecular flexibility index (Phi) is 6.56. The number of hydrogen-bond donors (Lipinski definition) is 2. The number of aryl methyl sites for hydroxylation is 1. The highest BCUT2D eigenvalue weighted by Gasteiger charge is 2.23. The minimum atomic E-state index is -0.603. The van der Waals surface area contributed by atoms with E-state index < -0.39 is 12.1 Å². The van der Waals surface area contributed by atoms with E-state index in [-0.39, 0.29) is 12.5 Å². The number of hydrogen-bond acceptors (Lipinski definition) is 4. The zero-order valence-corrected chi connectivity index (χ0v) is 14.3. The van der Waals surface area contributed by atoms with Crippen molar-refractivity contribution in [3.8, 4) is 0 Å². The van der Waals surface area contributed by atoms with Gasteiger partial charge in [0.1, 0.15) is 6.61 Å². The molecule has 1 aromatic rings. The smallest absolute Gasteiger partial charge is 0.411 e. The molecule has 0 aliphatic carbocycles. The Bertz CT molecular complexity index is 672. The van der Waals surface area contributed by atoms with Gasteiger partial charge in [0.15, 0.2) is 0 Å². The van der Waals surface area contributed by atoms with E-state index in [0.29, 0.717) is 24.3 Å². The summed E-state index contributed by atoms with van der Waals surface area (Å²) in [5, 5.41) is 5.33. The lowest BCUT2D eigenvalue weighted by Crippen LogP contribution is -2.39. The summed E-state index contributed by atoms with van der Waals surface area (Å²) in [6, 6.07) is 4.67. The molecular weight excluding hydrogens is 322 g/mol. The van der Waals surface area contributed by atoms with E-state index in [9.17, 15) is 14.4 Å². The van der Waals surface area contributed by atoms with Crippen LogP contribution in [0.15, 0.2) is 30.9 Å². The van der Waals surface area contributed by atoms with Crippen LogP contribution in [0.4, 0.5) is 21.0 Å². The lowest BCUT2D eigenvalue weighted by atomic mass is 10.2. The van der Waals surface area contributed by atoms with Gasteiger partial charge in [0.2, 0.25) is 5.91 Å². The van der Waals surface area contributed by atoms with Crippen LogP contribution < -0.4 is 10.6 Å². The second-order valence-electron chi connectivity index (χ2n) is 5.83. The molecular formula is C18H23N3O4. The van der Waals surface area contributed by atoms with Gasteiger partial charge in [-0.25, -0.2) is 9.59 Å². The summed E-state index contributed by atoms with van der Waals surface area (Å²) in [5.41, 5.74) is 1.83. The average Bonchev–Trinajstić information content (AvgIpc) is 2.80. The molecule has 1 aliphatic rings. The van der Waals surface area contributed by atoms with Crippen molar-refractivity contribution in [2.75, 3.05) is 23.8 Å². The van der Waals surface area contributed by atoms with Crippen molar-refractivity contribution in [1.29, 1.82) is 0 Å². The van der Waals surface area contributed by atoms with Crippen LogP contribution in [-0.2, 0) is 9.53 Å². The normalized spacial score (nSPS) is 14.4. The third-order valence-corrected chi connectivity index (χ3v) is 3.88. The molecule has 7 nitrogen and oxygen atoms in total. The number of imide groups is 1. The first-order valence-electron chi connectivity index (χ1n) is 8.28. The predicted molar refractivity (Wildman–Crippen MR) is 95.5 cm³/mol. The zero-order valence-electron chi connectivity index (χ0n) is 14.3. The molecule has 0 radical (unpaired) electrons. The molecule has 1 aromatic carbocycles. The van der Waals surface area contributed by atoms with E-state index in [0.717, 1.165) is 24.8 Å². The number of anilines is 2. The minimum absolute atomic E-state index is 0.110. The third-order valence-electron chi connectivity index (χ3n) is 3.88. The largest absolute Gasteiger partial charge is 0.445 e. The van der Waals surface area contributed by atoms with Crippen LogP contribution in [0, 0.1) is 6.92 Å². The molecule has 0 bridgehead atoms. The van der Waals surface area contributed by atoms with Gasteiger partial charge in [-0.3, -0.25) is 15.0 Å². The maximum Gasteiger partial charge on any atom is 0.411 e. The number of nitrogens with zero attached hydrogens (tertiary/aromatic N) is 1. The molecule has 0 spiro atoms. The maximum absolute atomic E-state index is 12.4. The highest BCUT2D eigenvalue weighted by atomic mass is 16.5. The first-order valence-corrected chi connectivity index (χ1v) is 8.28. The molecule has 2 N–H and O–H groups in total. The van der Waals surface area contributed by atoms with Crippen molar-refractivity contribution in [2.24, 2.45) is 0 Å². The number of carbonyl (C=O) groups excluding carboxylic acids is 3. The summed E-state index contributed by atoms with van der Waals surface area (Å²) in [6.07, 6.45) is 3.84. The Morgan fingerprint density at radius 1 is 1.28 bits per heavy atom. The van der Waals surface area contributed by atoms with Crippen LogP contribution in [0.2, 0.25) is 0 Å². The summed E-state index contributed by atoms with van der Waals surface area (Å²) in [4.78, 5) is 37.3. The molecule has 4 amide bonds. The monoisotopic (exact) mass is 345 g/mol. The fourth-order valence-corrected chi connectivity index (χ4v) is 2.50. The first-order chi connectivity index (χ1) is 12.0. The third kappa shape index (κ3) is 5.34. The Morgan fingerprint density at radius 3 is 2.84 bits per heavy atom. The van der Waals surface area contributed by atoms with Gasteiger partial charge in [0.25, 0.3) is 0 Å². The number of rotatable bonds is 4. The lowest BCUT2D eigenvalue weighted by Gasteiger charge is -2.19. The highest BCUT2D eigenvalue weighted by Crippen LogP contribution is 2.21. The Balaban J connectivity index is 2.05. The number of likely N-dealkylation sites (tertiary alicyclic amines) is 1. The first kappa shape index (κ1) is 18.5. The number of amides is 4. The van der Waals surface area contributed by atoms with Gasteiger partial charge in [0.05, 0.1) is 0 Å². The molecule has 7 heteroatoms. The molecule has 1 fully saturated rings. The van der Waals surface area contributed by atoms with E-state index in [2.05, 4.69) is 17.2 Å². The molecule has 25 heavy (non-hydrogen) atoms. The summed E-state index contributed by atoms with van der Waals surface area (Å²) in [6.45, 7) is 5.84. The van der Waals surface area contributed by atoms with Crippen LogP contribution in [-0.4, -0.2) is 36.1 Å². The summed E-state index contributed by atoms with van der Waals surface area (Å²) in [7, 11) is 0. The van der Waals surface area contributed by atoms with Crippen LogP contribution in [0.3, 0.4) is 0 Å². The van der Waals surface area contributed by atoms with Gasteiger partial charge in [-0.2, -0.15) is 0 Å². The Hall–Kier alpha value is -2.83. The van der Waals surface area contributed by atoms with Crippen LogP contribution in [0.25, 0.3) is 0 Å². The second-order valence-corrected chi connectivity index (χ2v) is 5.83. The van der Waals surface area contributed by atoms with E-state index >= 15 is 0 Å². The molecule has 1 aliphatic heterocycles. The van der Waals surface area contributed by atoms with E-state index in [1.54, 1.807) is 18.2 Å². The molecule has 134 valence electrons. The number of ether oxygens (including phenoxy) is 1. The van der Waals surface area contributed by atoms with Crippen molar-refractivity contribution >= 4 is 29.4 Å². The number of carbonyl (C=O) groups is 3. The number of urea groups is 1.